The number of methoxy groups -OCH3 is 2. The first kappa shape index (κ1) is 19.9. The van der Waals surface area contributed by atoms with Crippen molar-refractivity contribution in [3.8, 4) is 11.5 Å². The Balaban J connectivity index is 1.63. The van der Waals surface area contributed by atoms with E-state index in [0.717, 1.165) is 39.4 Å². The molecule has 2 N–H and O–H groups in total. The van der Waals surface area contributed by atoms with E-state index in [9.17, 15) is 0 Å². The zero-order chi connectivity index (χ0) is 19.8. The van der Waals surface area contributed by atoms with Gasteiger partial charge in [0.05, 0.1) is 24.4 Å². The second-order valence-electron chi connectivity index (χ2n) is 6.07. The zero-order valence-corrected chi connectivity index (χ0v) is 16.8. The van der Waals surface area contributed by atoms with Gasteiger partial charge in [-0.3, -0.25) is 0 Å². The van der Waals surface area contributed by atoms with E-state index in [-0.39, 0.29) is 6.61 Å². The van der Waals surface area contributed by atoms with Gasteiger partial charge in [0, 0.05) is 31.0 Å². The van der Waals surface area contributed by atoms with Gasteiger partial charge in [-0.25, -0.2) is 4.98 Å². The maximum absolute atomic E-state index is 8.81. The molecular weight excluding hydrogens is 372 g/mol. The molecule has 2 aromatic carbocycles. The maximum Gasteiger partial charge on any atom is 0.162 e. The van der Waals surface area contributed by atoms with Gasteiger partial charge in [-0.2, -0.15) is 0 Å². The highest BCUT2D eigenvalue weighted by Crippen LogP contribution is 2.34. The number of fused-ring (bicyclic) bond motifs is 1. The molecule has 0 spiro atoms. The van der Waals surface area contributed by atoms with Crippen LogP contribution in [0.15, 0.2) is 48.6 Å². The van der Waals surface area contributed by atoms with Crippen LogP contribution in [0.5, 0.6) is 11.5 Å². The van der Waals surface area contributed by atoms with Crippen LogP contribution in [0.1, 0.15) is 17.0 Å². The van der Waals surface area contributed by atoms with E-state index in [2.05, 4.69) is 22.4 Å². The summed E-state index contributed by atoms with van der Waals surface area (Å²) in [7, 11) is 3.26. The monoisotopic (exact) mass is 396 g/mol. The molecule has 0 bridgehead atoms. The lowest BCUT2D eigenvalue weighted by molar-refractivity contribution is 0.292. The summed E-state index contributed by atoms with van der Waals surface area (Å²) in [4.78, 5) is 4.62. The largest absolute Gasteiger partial charge is 0.493 e. The highest BCUT2D eigenvalue weighted by molar-refractivity contribution is 7.19. The second-order valence-corrected chi connectivity index (χ2v) is 7.13. The number of nitrogens with zero attached hydrogens (tertiary/aromatic N) is 1. The molecule has 0 saturated heterocycles. The number of aromatic nitrogens is 1. The van der Waals surface area contributed by atoms with Crippen molar-refractivity contribution in [3.05, 3.63) is 59.1 Å². The van der Waals surface area contributed by atoms with Crippen LogP contribution in [-0.4, -0.2) is 37.5 Å². The molecule has 0 atom stereocenters. The average Bonchev–Trinajstić information content (AvgIpc) is 3.13. The van der Waals surface area contributed by atoms with Gasteiger partial charge >= 0.3 is 0 Å². The Morgan fingerprint density at radius 2 is 1.75 bits per heavy atom. The molecule has 28 heavy (non-hydrogen) atoms. The number of anilines is 1. The highest BCUT2D eigenvalue weighted by Gasteiger charge is 2.09. The van der Waals surface area contributed by atoms with E-state index in [1.807, 2.05) is 48.6 Å². The Kier molecular flexibility index (Phi) is 7.06. The zero-order valence-electron chi connectivity index (χ0n) is 16.0. The maximum atomic E-state index is 8.81. The van der Waals surface area contributed by atoms with Crippen molar-refractivity contribution in [2.45, 2.75) is 6.42 Å². The fourth-order valence-electron chi connectivity index (χ4n) is 2.67. The first-order valence-corrected chi connectivity index (χ1v) is 9.87. The van der Waals surface area contributed by atoms with Gasteiger partial charge in [0.15, 0.2) is 11.5 Å². The quantitative estimate of drug-likeness (QED) is 0.400. The summed E-state index contributed by atoms with van der Waals surface area (Å²) >= 11 is 1.61. The first-order chi connectivity index (χ1) is 13.7. The van der Waals surface area contributed by atoms with Crippen LogP contribution in [0.4, 0.5) is 5.69 Å². The van der Waals surface area contributed by atoms with E-state index in [0.29, 0.717) is 11.5 Å². The lowest BCUT2D eigenvalue weighted by Gasteiger charge is -2.05. The van der Waals surface area contributed by atoms with Crippen LogP contribution in [-0.2, 0) is 0 Å². The smallest absolute Gasteiger partial charge is 0.162 e. The summed E-state index contributed by atoms with van der Waals surface area (Å²) in [5.74, 6) is 1.40. The third-order valence-electron chi connectivity index (χ3n) is 4.12. The van der Waals surface area contributed by atoms with Gasteiger partial charge < -0.3 is 19.9 Å². The number of thiazole rings is 1. The number of hydrogen-bond acceptors (Lipinski definition) is 6. The molecule has 3 aromatic rings. The van der Waals surface area contributed by atoms with E-state index in [1.165, 1.54) is 0 Å². The number of benzene rings is 2. The molecule has 0 radical (unpaired) electrons. The lowest BCUT2D eigenvalue weighted by atomic mass is 10.2. The summed E-state index contributed by atoms with van der Waals surface area (Å²) in [5.41, 5.74) is 3.08. The van der Waals surface area contributed by atoms with Gasteiger partial charge in [-0.05, 0) is 30.2 Å². The number of allylic oxidation sites excluding steroid dienone is 2. The molecule has 5 nitrogen and oxygen atoms in total. The summed E-state index contributed by atoms with van der Waals surface area (Å²) < 4.78 is 11.7. The average molecular weight is 397 g/mol. The van der Waals surface area contributed by atoms with Gasteiger partial charge in [0.2, 0.25) is 0 Å². The van der Waals surface area contributed by atoms with Crippen LogP contribution >= 0.6 is 11.3 Å². The number of aliphatic hydroxyl groups excluding tert-OH is 1. The molecule has 6 heteroatoms. The van der Waals surface area contributed by atoms with Gasteiger partial charge in [-0.15, -0.1) is 11.3 Å². The fourth-order valence-corrected chi connectivity index (χ4v) is 3.56. The summed E-state index contributed by atoms with van der Waals surface area (Å²) in [6.45, 7) is 0.976. The molecule has 0 aliphatic heterocycles. The Labute approximate surface area is 169 Å². The van der Waals surface area contributed by atoms with Crippen molar-refractivity contribution in [1.29, 1.82) is 0 Å². The Bertz CT molecular complexity index is 921. The topological polar surface area (TPSA) is 63.6 Å². The Morgan fingerprint density at radius 1 is 1.04 bits per heavy atom. The standard InChI is InChI=1S/C22H24N2O3S/c1-26-19-14-18-21(15-20(19)27-2)28-22(24-18)7-4-3-6-16-8-10-17(11-9-16)23-12-5-13-25/h3-4,6-11,14-15,23,25H,5,12-13H2,1-2H3/b6-3+,7-4+. The van der Waals surface area contributed by atoms with Crippen LogP contribution in [0.25, 0.3) is 22.4 Å². The molecule has 0 amide bonds. The predicted octanol–water partition coefficient (Wildman–Crippen LogP) is 4.83. The minimum atomic E-state index is 0.204. The Hall–Kier alpha value is -2.83. The van der Waals surface area contributed by atoms with Crippen molar-refractivity contribution < 1.29 is 14.6 Å². The van der Waals surface area contributed by atoms with Crippen molar-refractivity contribution >= 4 is 39.4 Å². The minimum Gasteiger partial charge on any atom is -0.493 e. The van der Waals surface area contributed by atoms with Crippen LogP contribution < -0.4 is 14.8 Å². The van der Waals surface area contributed by atoms with Crippen molar-refractivity contribution in [1.82, 2.24) is 4.98 Å². The second kappa shape index (κ2) is 9.92. The van der Waals surface area contributed by atoms with Crippen LogP contribution in [0.3, 0.4) is 0 Å². The van der Waals surface area contributed by atoms with Gasteiger partial charge in [0.25, 0.3) is 0 Å². The molecule has 1 heterocycles. The van der Waals surface area contributed by atoms with Gasteiger partial charge in [-0.1, -0.05) is 30.4 Å². The number of hydrogen-bond donors (Lipinski definition) is 2. The summed E-state index contributed by atoms with van der Waals surface area (Å²) in [6, 6.07) is 12.0. The molecule has 0 aliphatic rings. The molecule has 0 aliphatic carbocycles. The third-order valence-corrected chi connectivity index (χ3v) is 5.11. The first-order valence-electron chi connectivity index (χ1n) is 9.05. The lowest BCUT2D eigenvalue weighted by Crippen LogP contribution is -2.02. The van der Waals surface area contributed by atoms with Crippen LogP contribution in [0, 0.1) is 0 Å². The SMILES string of the molecule is COc1cc2nc(/C=C/C=C/c3ccc(NCCCO)cc3)sc2cc1OC. The molecule has 0 unspecified atom stereocenters. The van der Waals surface area contributed by atoms with E-state index in [1.54, 1.807) is 25.6 Å². The summed E-state index contributed by atoms with van der Waals surface area (Å²) in [5, 5.41) is 13.0. The molecule has 0 fully saturated rings. The fraction of sp³-hybridized carbons (Fsp3) is 0.227. The minimum absolute atomic E-state index is 0.204. The molecule has 1 aromatic heterocycles. The summed E-state index contributed by atoms with van der Waals surface area (Å²) in [6.07, 6.45) is 8.77. The van der Waals surface area contributed by atoms with E-state index < -0.39 is 0 Å². The predicted molar refractivity (Wildman–Crippen MR) is 117 cm³/mol. The van der Waals surface area contributed by atoms with Crippen molar-refractivity contribution in [3.63, 3.8) is 0 Å². The molecule has 3 rings (SSSR count). The molecule has 0 saturated carbocycles. The van der Waals surface area contributed by atoms with Crippen LogP contribution in [0.2, 0.25) is 0 Å². The Morgan fingerprint density at radius 3 is 2.46 bits per heavy atom. The van der Waals surface area contributed by atoms with Gasteiger partial charge in [0.1, 0.15) is 5.01 Å². The van der Waals surface area contributed by atoms with E-state index in [4.69, 9.17) is 14.6 Å². The third kappa shape index (κ3) is 5.12. The molecule has 146 valence electrons. The van der Waals surface area contributed by atoms with Crippen molar-refractivity contribution in [2.24, 2.45) is 0 Å². The number of rotatable bonds is 9. The molecular formula is C22H24N2O3S. The number of aliphatic hydroxyl groups is 1. The highest BCUT2D eigenvalue weighted by atomic mass is 32.1. The normalized spacial score (nSPS) is 11.5. The van der Waals surface area contributed by atoms with E-state index >= 15 is 0 Å². The number of nitrogens with one attached hydrogen (secondary N) is 1. The number of ether oxygens (including phenoxy) is 2. The van der Waals surface area contributed by atoms with Crippen molar-refractivity contribution in [2.75, 3.05) is 32.7 Å².